The van der Waals surface area contributed by atoms with Gasteiger partial charge in [-0.05, 0) is 24.6 Å². The standard InChI is InChI=1S/C11H12F2N2O2/c1-6(11(14)17)15-10(16)4-7-2-8(12)5-9(13)3-7/h2-3,5-6H,4H2,1H3,(H2,14,17)(H,15,16)/t6-/m0/s1. The third-order valence-electron chi connectivity index (χ3n) is 2.09. The first-order chi connectivity index (χ1) is 7.88. The zero-order valence-corrected chi connectivity index (χ0v) is 9.17. The second-order valence-corrected chi connectivity index (χ2v) is 3.65. The topological polar surface area (TPSA) is 72.2 Å². The lowest BCUT2D eigenvalue weighted by Crippen LogP contribution is -2.42. The lowest BCUT2D eigenvalue weighted by Gasteiger charge is -2.10. The molecule has 1 rings (SSSR count). The van der Waals surface area contributed by atoms with Gasteiger partial charge in [0, 0.05) is 6.07 Å². The van der Waals surface area contributed by atoms with Crippen molar-refractivity contribution in [2.24, 2.45) is 5.73 Å². The number of hydrogen-bond acceptors (Lipinski definition) is 2. The summed E-state index contributed by atoms with van der Waals surface area (Å²) in [6, 6.07) is 2.00. The Kier molecular flexibility index (Phi) is 4.14. The van der Waals surface area contributed by atoms with Crippen molar-refractivity contribution < 1.29 is 18.4 Å². The molecule has 0 radical (unpaired) electrons. The Morgan fingerprint density at radius 3 is 2.29 bits per heavy atom. The van der Waals surface area contributed by atoms with Gasteiger partial charge < -0.3 is 11.1 Å². The molecule has 4 nitrogen and oxygen atoms in total. The van der Waals surface area contributed by atoms with E-state index < -0.39 is 29.5 Å². The summed E-state index contributed by atoms with van der Waals surface area (Å²) in [5.74, 6) is -2.71. The van der Waals surface area contributed by atoms with Crippen LogP contribution in [0, 0.1) is 11.6 Å². The largest absolute Gasteiger partial charge is 0.368 e. The molecule has 0 heterocycles. The lowest BCUT2D eigenvalue weighted by molar-refractivity contribution is -0.126. The first-order valence-electron chi connectivity index (χ1n) is 4.92. The highest BCUT2D eigenvalue weighted by molar-refractivity contribution is 5.87. The molecule has 17 heavy (non-hydrogen) atoms. The van der Waals surface area contributed by atoms with Crippen LogP contribution in [0.25, 0.3) is 0 Å². The van der Waals surface area contributed by atoms with Crippen LogP contribution in [0.15, 0.2) is 18.2 Å². The number of hydrogen-bond donors (Lipinski definition) is 2. The van der Waals surface area contributed by atoms with E-state index in [1.54, 1.807) is 0 Å². The molecule has 1 atom stereocenters. The predicted molar refractivity (Wildman–Crippen MR) is 56.9 cm³/mol. The van der Waals surface area contributed by atoms with Gasteiger partial charge >= 0.3 is 0 Å². The first kappa shape index (κ1) is 13.1. The normalized spacial score (nSPS) is 11.9. The highest BCUT2D eigenvalue weighted by Gasteiger charge is 2.13. The highest BCUT2D eigenvalue weighted by atomic mass is 19.1. The molecule has 2 amide bonds. The summed E-state index contributed by atoms with van der Waals surface area (Å²) in [5, 5.41) is 2.31. The molecule has 0 bridgehead atoms. The minimum Gasteiger partial charge on any atom is -0.368 e. The van der Waals surface area contributed by atoms with E-state index >= 15 is 0 Å². The molecule has 0 aliphatic carbocycles. The van der Waals surface area contributed by atoms with E-state index in [1.807, 2.05) is 0 Å². The van der Waals surface area contributed by atoms with Gasteiger partial charge in [0.15, 0.2) is 0 Å². The van der Waals surface area contributed by atoms with Gasteiger partial charge in [0.2, 0.25) is 11.8 Å². The van der Waals surface area contributed by atoms with E-state index in [-0.39, 0.29) is 12.0 Å². The molecule has 6 heteroatoms. The first-order valence-corrected chi connectivity index (χ1v) is 4.92. The van der Waals surface area contributed by atoms with Crippen molar-refractivity contribution in [1.29, 1.82) is 0 Å². The second-order valence-electron chi connectivity index (χ2n) is 3.65. The van der Waals surface area contributed by atoms with Crippen LogP contribution >= 0.6 is 0 Å². The molecule has 92 valence electrons. The number of halogens is 2. The van der Waals surface area contributed by atoms with E-state index in [0.29, 0.717) is 6.07 Å². The Hall–Kier alpha value is -1.98. The number of benzene rings is 1. The minimum atomic E-state index is -0.819. The molecular weight excluding hydrogens is 230 g/mol. The summed E-state index contributed by atoms with van der Waals surface area (Å²) in [5.41, 5.74) is 5.14. The van der Waals surface area contributed by atoms with Crippen LogP contribution in [0.3, 0.4) is 0 Å². The van der Waals surface area contributed by atoms with Gasteiger partial charge in [0.1, 0.15) is 17.7 Å². The Morgan fingerprint density at radius 2 is 1.82 bits per heavy atom. The molecule has 0 saturated carbocycles. The molecule has 1 aromatic rings. The van der Waals surface area contributed by atoms with Crippen LogP contribution in [0.2, 0.25) is 0 Å². The maximum atomic E-state index is 12.8. The third-order valence-corrected chi connectivity index (χ3v) is 2.09. The third kappa shape index (κ3) is 4.18. The van der Waals surface area contributed by atoms with Gasteiger partial charge in [-0.1, -0.05) is 0 Å². The van der Waals surface area contributed by atoms with Crippen molar-refractivity contribution >= 4 is 11.8 Å². The Labute approximate surface area is 96.8 Å². The summed E-state index contributed by atoms with van der Waals surface area (Å²) in [6.45, 7) is 1.42. The zero-order valence-electron chi connectivity index (χ0n) is 9.17. The smallest absolute Gasteiger partial charge is 0.239 e. The predicted octanol–water partition coefficient (Wildman–Crippen LogP) is 0.497. The quantitative estimate of drug-likeness (QED) is 0.806. The van der Waals surface area contributed by atoms with Crippen LogP contribution in [-0.2, 0) is 16.0 Å². The molecule has 0 spiro atoms. The number of nitrogens with two attached hydrogens (primary N) is 1. The molecule has 0 saturated heterocycles. The maximum Gasteiger partial charge on any atom is 0.239 e. The Morgan fingerprint density at radius 1 is 1.29 bits per heavy atom. The molecule has 3 N–H and O–H groups in total. The lowest BCUT2D eigenvalue weighted by atomic mass is 10.1. The average molecular weight is 242 g/mol. The molecule has 0 fully saturated rings. The minimum absolute atomic E-state index is 0.191. The van der Waals surface area contributed by atoms with Gasteiger partial charge in [-0.25, -0.2) is 8.78 Å². The molecule has 0 unspecified atom stereocenters. The van der Waals surface area contributed by atoms with Gasteiger partial charge in [-0.15, -0.1) is 0 Å². The van der Waals surface area contributed by atoms with Crippen molar-refractivity contribution in [2.45, 2.75) is 19.4 Å². The fourth-order valence-electron chi connectivity index (χ4n) is 1.26. The van der Waals surface area contributed by atoms with Crippen molar-refractivity contribution in [1.82, 2.24) is 5.32 Å². The summed E-state index contributed by atoms with van der Waals surface area (Å²) >= 11 is 0. The molecular formula is C11H12F2N2O2. The summed E-state index contributed by atoms with van der Waals surface area (Å²) in [4.78, 5) is 22.1. The monoisotopic (exact) mass is 242 g/mol. The second kappa shape index (κ2) is 5.38. The molecule has 0 aliphatic heterocycles. The summed E-state index contributed by atoms with van der Waals surface area (Å²) in [7, 11) is 0. The van der Waals surface area contributed by atoms with E-state index in [4.69, 9.17) is 5.73 Å². The van der Waals surface area contributed by atoms with Crippen LogP contribution in [0.1, 0.15) is 12.5 Å². The average Bonchev–Trinajstić information content (AvgIpc) is 2.14. The van der Waals surface area contributed by atoms with Gasteiger partial charge in [-0.3, -0.25) is 9.59 Å². The molecule has 0 aliphatic rings. The number of nitrogens with one attached hydrogen (secondary N) is 1. The van der Waals surface area contributed by atoms with E-state index in [1.165, 1.54) is 6.92 Å². The van der Waals surface area contributed by atoms with Crippen LogP contribution in [0.4, 0.5) is 8.78 Å². The number of carbonyl (C=O) groups is 2. The number of primary amides is 1. The van der Waals surface area contributed by atoms with Crippen LogP contribution in [0.5, 0.6) is 0 Å². The maximum absolute atomic E-state index is 12.8. The number of rotatable bonds is 4. The van der Waals surface area contributed by atoms with E-state index in [2.05, 4.69) is 5.32 Å². The van der Waals surface area contributed by atoms with Crippen molar-refractivity contribution in [3.63, 3.8) is 0 Å². The van der Waals surface area contributed by atoms with Gasteiger partial charge in [-0.2, -0.15) is 0 Å². The Balaban J connectivity index is 2.65. The number of carbonyl (C=O) groups excluding carboxylic acids is 2. The zero-order chi connectivity index (χ0) is 13.0. The van der Waals surface area contributed by atoms with Crippen LogP contribution < -0.4 is 11.1 Å². The van der Waals surface area contributed by atoms with E-state index in [9.17, 15) is 18.4 Å². The van der Waals surface area contributed by atoms with Gasteiger partial charge in [0.05, 0.1) is 6.42 Å². The molecule has 1 aromatic carbocycles. The van der Waals surface area contributed by atoms with Gasteiger partial charge in [0.25, 0.3) is 0 Å². The van der Waals surface area contributed by atoms with Crippen LogP contribution in [-0.4, -0.2) is 17.9 Å². The fraction of sp³-hybridized carbons (Fsp3) is 0.273. The number of amides is 2. The summed E-state index contributed by atoms with van der Waals surface area (Å²) < 4.78 is 25.6. The Bertz CT molecular complexity index is 429. The van der Waals surface area contributed by atoms with E-state index in [0.717, 1.165) is 12.1 Å². The van der Waals surface area contributed by atoms with Crippen molar-refractivity contribution in [2.75, 3.05) is 0 Å². The fourth-order valence-corrected chi connectivity index (χ4v) is 1.26. The SMILES string of the molecule is C[C@H](NC(=O)Cc1cc(F)cc(F)c1)C(N)=O. The summed E-state index contributed by atoms with van der Waals surface area (Å²) in [6.07, 6.45) is -0.216. The highest BCUT2D eigenvalue weighted by Crippen LogP contribution is 2.08. The molecule has 0 aromatic heterocycles. The van der Waals surface area contributed by atoms with Crippen molar-refractivity contribution in [3.8, 4) is 0 Å². The van der Waals surface area contributed by atoms with Crippen molar-refractivity contribution in [3.05, 3.63) is 35.4 Å².